The molecule has 4 nitrogen and oxygen atoms in total. The van der Waals surface area contributed by atoms with E-state index in [9.17, 15) is 4.79 Å². The lowest BCUT2D eigenvalue weighted by Crippen LogP contribution is -2.00. The lowest BCUT2D eigenvalue weighted by atomic mass is 10.1. The van der Waals surface area contributed by atoms with E-state index in [0.717, 1.165) is 25.8 Å². The number of carboxylic acids is 1. The van der Waals surface area contributed by atoms with Crippen LogP contribution in [0.4, 0.5) is 5.69 Å². The highest BCUT2D eigenvalue weighted by Crippen LogP contribution is 2.35. The molecular weight excluding hydrogens is 426 g/mol. The fraction of sp³-hybridized carbons (Fsp3) is 0.235. The largest absolute Gasteiger partial charge is 0.487 e. The van der Waals surface area contributed by atoms with Crippen molar-refractivity contribution in [2.75, 3.05) is 12.4 Å². The zero-order valence-corrected chi connectivity index (χ0v) is 15.8. The molecule has 0 saturated heterocycles. The van der Waals surface area contributed by atoms with Crippen LogP contribution in [0.1, 0.15) is 17.5 Å². The molecule has 2 rings (SSSR count). The van der Waals surface area contributed by atoms with Gasteiger partial charge in [-0.25, -0.2) is 0 Å². The molecule has 0 heterocycles. The number of hydrogen-bond donors (Lipinski definition) is 2. The van der Waals surface area contributed by atoms with Crippen LogP contribution in [0, 0.1) is 0 Å². The normalized spacial score (nSPS) is 10.4. The van der Waals surface area contributed by atoms with Gasteiger partial charge in [0.25, 0.3) is 0 Å². The molecule has 0 aliphatic rings. The van der Waals surface area contributed by atoms with Crippen LogP contribution >= 0.6 is 31.9 Å². The summed E-state index contributed by atoms with van der Waals surface area (Å²) in [7, 11) is 1.88. The van der Waals surface area contributed by atoms with Crippen LogP contribution < -0.4 is 10.1 Å². The Morgan fingerprint density at radius 1 is 1.17 bits per heavy atom. The number of anilines is 1. The SMILES string of the molecule is CNc1cccc(COc2c(Br)cc(CCC(=O)O)cc2Br)c1. The van der Waals surface area contributed by atoms with Crippen LogP contribution in [-0.2, 0) is 17.8 Å². The quantitative estimate of drug-likeness (QED) is 0.643. The molecule has 0 spiro atoms. The second-order valence-corrected chi connectivity index (χ2v) is 6.73. The van der Waals surface area contributed by atoms with Gasteiger partial charge >= 0.3 is 5.97 Å². The second-order valence-electron chi connectivity index (χ2n) is 5.02. The van der Waals surface area contributed by atoms with Gasteiger partial charge in [0.05, 0.1) is 8.95 Å². The Balaban J connectivity index is 2.09. The lowest BCUT2D eigenvalue weighted by Gasteiger charge is -2.13. The molecule has 0 radical (unpaired) electrons. The number of rotatable bonds is 7. The second kappa shape index (κ2) is 8.36. The average molecular weight is 443 g/mol. The Morgan fingerprint density at radius 2 is 1.87 bits per heavy atom. The molecule has 0 saturated carbocycles. The third-order valence-corrected chi connectivity index (χ3v) is 4.46. The van der Waals surface area contributed by atoms with Crippen molar-refractivity contribution in [1.82, 2.24) is 0 Å². The minimum absolute atomic E-state index is 0.107. The predicted molar refractivity (Wildman–Crippen MR) is 98.1 cm³/mol. The maximum absolute atomic E-state index is 10.7. The molecule has 0 aliphatic carbocycles. The van der Waals surface area contributed by atoms with Crippen molar-refractivity contribution in [1.29, 1.82) is 0 Å². The van der Waals surface area contributed by atoms with Gasteiger partial charge in [0.1, 0.15) is 12.4 Å². The van der Waals surface area contributed by atoms with Crippen LogP contribution in [0.3, 0.4) is 0 Å². The first-order valence-corrected chi connectivity index (χ1v) is 8.67. The molecule has 6 heteroatoms. The molecule has 0 amide bonds. The summed E-state index contributed by atoms with van der Waals surface area (Å²) in [5, 5.41) is 11.9. The molecule has 0 aromatic heterocycles. The maximum Gasteiger partial charge on any atom is 0.303 e. The van der Waals surface area contributed by atoms with E-state index in [1.165, 1.54) is 0 Å². The van der Waals surface area contributed by atoms with E-state index in [2.05, 4.69) is 37.2 Å². The van der Waals surface area contributed by atoms with E-state index in [0.29, 0.717) is 18.8 Å². The third kappa shape index (κ3) is 5.25. The van der Waals surface area contributed by atoms with Crippen LogP contribution in [0.15, 0.2) is 45.3 Å². The molecule has 2 aromatic rings. The van der Waals surface area contributed by atoms with E-state index in [4.69, 9.17) is 9.84 Å². The topological polar surface area (TPSA) is 58.6 Å². The van der Waals surface area contributed by atoms with Gasteiger partial charge in [-0.05, 0) is 73.7 Å². The number of carboxylic acid groups (broad SMARTS) is 1. The lowest BCUT2D eigenvalue weighted by molar-refractivity contribution is -0.136. The van der Waals surface area contributed by atoms with Crippen molar-refractivity contribution in [2.45, 2.75) is 19.4 Å². The minimum Gasteiger partial charge on any atom is -0.487 e. The molecule has 0 atom stereocenters. The van der Waals surface area contributed by atoms with Crippen LogP contribution in [0.2, 0.25) is 0 Å². The highest BCUT2D eigenvalue weighted by molar-refractivity contribution is 9.11. The van der Waals surface area contributed by atoms with Crippen molar-refractivity contribution >= 4 is 43.5 Å². The molecule has 0 bridgehead atoms. The number of benzene rings is 2. The van der Waals surface area contributed by atoms with Gasteiger partial charge in [0.2, 0.25) is 0 Å². The van der Waals surface area contributed by atoms with Crippen molar-refractivity contribution < 1.29 is 14.6 Å². The highest BCUT2D eigenvalue weighted by atomic mass is 79.9. The summed E-state index contributed by atoms with van der Waals surface area (Å²) in [4.78, 5) is 10.7. The molecule has 0 fully saturated rings. The summed E-state index contributed by atoms with van der Waals surface area (Å²) < 4.78 is 7.50. The number of aliphatic carboxylic acids is 1. The fourth-order valence-electron chi connectivity index (χ4n) is 2.12. The Morgan fingerprint density at radius 3 is 2.48 bits per heavy atom. The Labute approximate surface area is 152 Å². The summed E-state index contributed by atoms with van der Waals surface area (Å²) in [6, 6.07) is 11.8. The summed E-state index contributed by atoms with van der Waals surface area (Å²) in [6.45, 7) is 0.446. The van der Waals surface area contributed by atoms with Gasteiger partial charge in [-0.15, -0.1) is 0 Å². The van der Waals surface area contributed by atoms with Gasteiger partial charge in [0, 0.05) is 19.2 Å². The maximum atomic E-state index is 10.7. The van der Waals surface area contributed by atoms with Crippen molar-refractivity contribution in [3.8, 4) is 5.75 Å². The summed E-state index contributed by atoms with van der Waals surface area (Å²) >= 11 is 6.98. The van der Waals surface area contributed by atoms with Crippen molar-refractivity contribution in [3.05, 3.63) is 56.5 Å². The molecule has 2 aromatic carbocycles. The standard InChI is InChI=1S/C17H17Br2NO3/c1-20-13-4-2-3-12(7-13)10-23-17-14(18)8-11(9-15(17)19)5-6-16(21)22/h2-4,7-9,20H,5-6,10H2,1H3,(H,21,22). The first kappa shape index (κ1) is 17.8. The number of carbonyl (C=O) groups is 1. The monoisotopic (exact) mass is 441 g/mol. The summed E-state index contributed by atoms with van der Waals surface area (Å²) in [5.41, 5.74) is 3.04. The van der Waals surface area contributed by atoms with Crippen LogP contribution in [-0.4, -0.2) is 18.1 Å². The van der Waals surface area contributed by atoms with Gasteiger partial charge < -0.3 is 15.2 Å². The first-order valence-electron chi connectivity index (χ1n) is 7.09. The molecule has 0 unspecified atom stereocenters. The van der Waals surface area contributed by atoms with E-state index in [-0.39, 0.29) is 6.42 Å². The van der Waals surface area contributed by atoms with Crippen molar-refractivity contribution in [3.63, 3.8) is 0 Å². The van der Waals surface area contributed by atoms with Gasteiger partial charge in [0.15, 0.2) is 0 Å². The fourth-order valence-corrected chi connectivity index (χ4v) is 3.63. The van der Waals surface area contributed by atoms with E-state index >= 15 is 0 Å². The molecule has 0 aliphatic heterocycles. The average Bonchev–Trinajstić information content (AvgIpc) is 2.52. The Kier molecular flexibility index (Phi) is 6.47. The summed E-state index contributed by atoms with van der Waals surface area (Å²) in [5.74, 6) is -0.0964. The van der Waals surface area contributed by atoms with E-state index in [1.807, 2.05) is 43.4 Å². The first-order chi connectivity index (χ1) is 11.0. The predicted octanol–water partition coefficient (Wildman–Crippen LogP) is 4.85. The zero-order valence-electron chi connectivity index (χ0n) is 12.6. The van der Waals surface area contributed by atoms with Crippen LogP contribution in [0.25, 0.3) is 0 Å². The Hall–Kier alpha value is -1.53. The van der Waals surface area contributed by atoms with E-state index < -0.39 is 5.97 Å². The third-order valence-electron chi connectivity index (χ3n) is 3.28. The smallest absolute Gasteiger partial charge is 0.303 e. The number of aryl methyl sites for hydroxylation is 1. The number of nitrogens with one attached hydrogen (secondary N) is 1. The molecule has 23 heavy (non-hydrogen) atoms. The highest BCUT2D eigenvalue weighted by Gasteiger charge is 2.10. The molecule has 122 valence electrons. The molecule has 2 N–H and O–H groups in total. The van der Waals surface area contributed by atoms with Crippen molar-refractivity contribution in [2.24, 2.45) is 0 Å². The molecular formula is C17H17Br2NO3. The Bertz CT molecular complexity index is 681. The number of halogens is 2. The number of hydrogen-bond acceptors (Lipinski definition) is 3. The van der Waals surface area contributed by atoms with Gasteiger partial charge in [-0.2, -0.15) is 0 Å². The van der Waals surface area contributed by atoms with Gasteiger partial charge in [-0.3, -0.25) is 4.79 Å². The van der Waals surface area contributed by atoms with Gasteiger partial charge in [-0.1, -0.05) is 12.1 Å². The minimum atomic E-state index is -0.804. The zero-order chi connectivity index (χ0) is 16.8. The number of ether oxygens (including phenoxy) is 1. The van der Waals surface area contributed by atoms with Crippen LogP contribution in [0.5, 0.6) is 5.75 Å². The summed E-state index contributed by atoms with van der Waals surface area (Å²) in [6.07, 6.45) is 0.590. The van der Waals surface area contributed by atoms with E-state index in [1.54, 1.807) is 0 Å².